The standard InChI is InChI=1S/C12H12Cl2N2O2/c1-7-2-10(18-16-7)6-17-12-8(5-15)3-9(13)4-11(12)14/h2-4H,5-6,15H2,1H3. The summed E-state index contributed by atoms with van der Waals surface area (Å²) in [5.74, 6) is 1.15. The van der Waals surface area contributed by atoms with Crippen molar-refractivity contribution in [2.24, 2.45) is 5.73 Å². The molecule has 4 nitrogen and oxygen atoms in total. The normalized spacial score (nSPS) is 10.7. The summed E-state index contributed by atoms with van der Waals surface area (Å²) in [6.07, 6.45) is 0. The van der Waals surface area contributed by atoms with Crippen LogP contribution in [-0.4, -0.2) is 5.16 Å². The lowest BCUT2D eigenvalue weighted by Crippen LogP contribution is -2.03. The summed E-state index contributed by atoms with van der Waals surface area (Å²) < 4.78 is 10.7. The highest BCUT2D eigenvalue weighted by Crippen LogP contribution is 2.32. The summed E-state index contributed by atoms with van der Waals surface area (Å²) in [5.41, 5.74) is 7.18. The van der Waals surface area contributed by atoms with E-state index in [-0.39, 0.29) is 6.61 Å². The van der Waals surface area contributed by atoms with Crippen LogP contribution in [0.3, 0.4) is 0 Å². The maximum Gasteiger partial charge on any atom is 0.174 e. The molecule has 0 aliphatic carbocycles. The van der Waals surface area contributed by atoms with Crippen LogP contribution in [0.1, 0.15) is 17.0 Å². The Hall–Kier alpha value is -1.23. The zero-order valence-corrected chi connectivity index (χ0v) is 11.3. The monoisotopic (exact) mass is 286 g/mol. The summed E-state index contributed by atoms with van der Waals surface area (Å²) in [4.78, 5) is 0. The molecule has 1 aromatic heterocycles. The minimum absolute atomic E-state index is 0.245. The molecule has 18 heavy (non-hydrogen) atoms. The molecule has 1 heterocycles. The molecule has 0 aliphatic heterocycles. The van der Waals surface area contributed by atoms with Crippen LogP contribution in [0.15, 0.2) is 22.7 Å². The maximum absolute atomic E-state index is 6.07. The van der Waals surface area contributed by atoms with E-state index in [1.807, 2.05) is 6.92 Å². The predicted octanol–water partition coefficient (Wildman–Crippen LogP) is 3.33. The molecule has 1 aromatic carbocycles. The lowest BCUT2D eigenvalue weighted by atomic mass is 10.2. The second-order valence-corrected chi connectivity index (χ2v) is 4.65. The van der Waals surface area contributed by atoms with Crippen LogP contribution in [0.4, 0.5) is 0 Å². The van der Waals surface area contributed by atoms with Crippen molar-refractivity contribution in [1.82, 2.24) is 5.16 Å². The molecular formula is C12H12Cl2N2O2. The van der Waals surface area contributed by atoms with Crippen LogP contribution in [0.2, 0.25) is 10.0 Å². The molecule has 0 saturated heterocycles. The lowest BCUT2D eigenvalue weighted by molar-refractivity contribution is 0.247. The largest absolute Gasteiger partial charge is 0.484 e. The van der Waals surface area contributed by atoms with Gasteiger partial charge in [-0.05, 0) is 19.1 Å². The summed E-state index contributed by atoms with van der Waals surface area (Å²) in [6.45, 7) is 2.38. The van der Waals surface area contributed by atoms with Gasteiger partial charge in [0.15, 0.2) is 5.76 Å². The van der Waals surface area contributed by atoms with Crippen molar-refractivity contribution in [2.75, 3.05) is 0 Å². The fraction of sp³-hybridized carbons (Fsp3) is 0.250. The molecule has 2 aromatic rings. The molecule has 0 atom stereocenters. The van der Waals surface area contributed by atoms with Crippen molar-refractivity contribution >= 4 is 23.2 Å². The van der Waals surface area contributed by atoms with E-state index in [1.165, 1.54) is 0 Å². The highest BCUT2D eigenvalue weighted by molar-refractivity contribution is 6.35. The van der Waals surface area contributed by atoms with Gasteiger partial charge in [0, 0.05) is 23.2 Å². The molecule has 0 aliphatic rings. The van der Waals surface area contributed by atoms with Gasteiger partial charge in [-0.1, -0.05) is 28.4 Å². The quantitative estimate of drug-likeness (QED) is 0.937. The van der Waals surface area contributed by atoms with Gasteiger partial charge in [0.1, 0.15) is 12.4 Å². The van der Waals surface area contributed by atoms with Gasteiger partial charge in [0.2, 0.25) is 0 Å². The summed E-state index contributed by atoms with van der Waals surface area (Å²) in [5, 5.41) is 4.73. The van der Waals surface area contributed by atoms with E-state index in [4.69, 9.17) is 38.2 Å². The minimum atomic E-state index is 0.245. The molecule has 0 spiro atoms. The Labute approximate surface area is 115 Å². The Morgan fingerprint density at radius 3 is 2.72 bits per heavy atom. The number of ether oxygens (including phenoxy) is 1. The molecule has 96 valence electrons. The topological polar surface area (TPSA) is 61.3 Å². The van der Waals surface area contributed by atoms with E-state index in [0.717, 1.165) is 11.3 Å². The molecule has 0 radical (unpaired) electrons. The van der Waals surface area contributed by atoms with Crippen molar-refractivity contribution in [2.45, 2.75) is 20.1 Å². The van der Waals surface area contributed by atoms with Gasteiger partial charge < -0.3 is 15.0 Å². The van der Waals surface area contributed by atoms with Crippen molar-refractivity contribution in [1.29, 1.82) is 0 Å². The third kappa shape index (κ3) is 2.96. The second-order valence-electron chi connectivity index (χ2n) is 3.80. The minimum Gasteiger partial charge on any atom is -0.484 e. The Balaban J connectivity index is 2.18. The fourth-order valence-electron chi connectivity index (χ4n) is 1.55. The average molecular weight is 287 g/mol. The summed E-state index contributed by atoms with van der Waals surface area (Å²) in [7, 11) is 0. The highest BCUT2D eigenvalue weighted by atomic mass is 35.5. The molecule has 6 heteroatoms. The Bertz CT molecular complexity index is 555. The Kier molecular flexibility index (Phi) is 4.11. The van der Waals surface area contributed by atoms with Crippen LogP contribution in [0, 0.1) is 6.92 Å². The van der Waals surface area contributed by atoms with Crippen LogP contribution in [-0.2, 0) is 13.2 Å². The molecule has 0 saturated carbocycles. The zero-order valence-electron chi connectivity index (χ0n) is 9.74. The van der Waals surface area contributed by atoms with Crippen LogP contribution < -0.4 is 10.5 Å². The number of aromatic nitrogens is 1. The molecular weight excluding hydrogens is 275 g/mol. The zero-order chi connectivity index (χ0) is 13.1. The predicted molar refractivity (Wildman–Crippen MR) is 69.9 cm³/mol. The summed E-state index contributed by atoms with van der Waals surface area (Å²) in [6, 6.07) is 5.14. The number of halogens is 2. The molecule has 2 rings (SSSR count). The van der Waals surface area contributed by atoms with E-state index in [0.29, 0.717) is 28.1 Å². The van der Waals surface area contributed by atoms with Crippen molar-refractivity contribution < 1.29 is 9.26 Å². The van der Waals surface area contributed by atoms with Crippen molar-refractivity contribution in [3.8, 4) is 5.75 Å². The number of benzene rings is 1. The van der Waals surface area contributed by atoms with Gasteiger partial charge >= 0.3 is 0 Å². The first-order valence-electron chi connectivity index (χ1n) is 5.33. The van der Waals surface area contributed by atoms with Gasteiger partial charge in [-0.25, -0.2) is 0 Å². The molecule has 0 fully saturated rings. The van der Waals surface area contributed by atoms with Gasteiger partial charge in [-0.2, -0.15) is 0 Å². The van der Waals surface area contributed by atoms with Crippen LogP contribution in [0.25, 0.3) is 0 Å². The van der Waals surface area contributed by atoms with Gasteiger partial charge in [-0.3, -0.25) is 0 Å². The van der Waals surface area contributed by atoms with E-state index in [9.17, 15) is 0 Å². The van der Waals surface area contributed by atoms with E-state index in [2.05, 4.69) is 5.16 Å². The van der Waals surface area contributed by atoms with Crippen LogP contribution >= 0.6 is 23.2 Å². The summed E-state index contributed by atoms with van der Waals surface area (Å²) >= 11 is 12.0. The van der Waals surface area contributed by atoms with E-state index < -0.39 is 0 Å². The first-order chi connectivity index (χ1) is 8.60. The SMILES string of the molecule is Cc1cc(COc2c(Cl)cc(Cl)cc2CN)on1. The molecule has 0 bridgehead atoms. The Morgan fingerprint density at radius 1 is 1.33 bits per heavy atom. The maximum atomic E-state index is 6.07. The van der Waals surface area contributed by atoms with Gasteiger partial charge in [0.25, 0.3) is 0 Å². The molecule has 0 unspecified atom stereocenters. The van der Waals surface area contributed by atoms with Gasteiger partial charge in [0.05, 0.1) is 10.7 Å². The molecule has 2 N–H and O–H groups in total. The third-order valence-corrected chi connectivity index (χ3v) is 2.84. The highest BCUT2D eigenvalue weighted by Gasteiger charge is 2.11. The first kappa shape index (κ1) is 13.2. The number of hydrogen-bond donors (Lipinski definition) is 1. The van der Waals surface area contributed by atoms with E-state index in [1.54, 1.807) is 18.2 Å². The first-order valence-corrected chi connectivity index (χ1v) is 6.08. The third-order valence-electron chi connectivity index (χ3n) is 2.34. The number of rotatable bonds is 4. The lowest BCUT2D eigenvalue weighted by Gasteiger charge is -2.11. The number of nitrogens with zero attached hydrogens (tertiary/aromatic N) is 1. The number of aryl methyl sites for hydroxylation is 1. The number of nitrogens with two attached hydrogens (primary N) is 1. The Morgan fingerprint density at radius 2 is 2.11 bits per heavy atom. The van der Waals surface area contributed by atoms with Crippen molar-refractivity contribution in [3.63, 3.8) is 0 Å². The van der Waals surface area contributed by atoms with Crippen molar-refractivity contribution in [3.05, 3.63) is 45.3 Å². The number of hydrogen-bond acceptors (Lipinski definition) is 4. The van der Waals surface area contributed by atoms with Crippen LogP contribution in [0.5, 0.6) is 5.75 Å². The smallest absolute Gasteiger partial charge is 0.174 e. The molecule has 0 amide bonds. The fourth-order valence-corrected chi connectivity index (χ4v) is 2.14. The average Bonchev–Trinajstić information content (AvgIpc) is 2.73. The second kappa shape index (κ2) is 5.61. The van der Waals surface area contributed by atoms with Gasteiger partial charge in [-0.15, -0.1) is 0 Å². The van der Waals surface area contributed by atoms with E-state index >= 15 is 0 Å².